The van der Waals surface area contributed by atoms with Crippen LogP contribution >= 0.6 is 0 Å². The molecule has 28 heavy (non-hydrogen) atoms. The number of nitrogens with zero attached hydrogens (tertiary/aromatic N) is 1. The predicted molar refractivity (Wildman–Crippen MR) is 125 cm³/mol. The highest BCUT2D eigenvalue weighted by Crippen LogP contribution is 2.16. The summed E-state index contributed by atoms with van der Waals surface area (Å²) in [5, 5.41) is 0. The summed E-state index contributed by atoms with van der Waals surface area (Å²) in [6.07, 6.45) is 28.8. The van der Waals surface area contributed by atoms with Gasteiger partial charge in [0.05, 0.1) is 0 Å². The van der Waals surface area contributed by atoms with Crippen LogP contribution in [0, 0.1) is 0 Å². The second-order valence-electron chi connectivity index (χ2n) is 8.98. The summed E-state index contributed by atoms with van der Waals surface area (Å²) in [5.41, 5.74) is 1.48. The molecule has 0 amide bonds. The Bertz CT molecular complexity index is 436. The van der Waals surface area contributed by atoms with Gasteiger partial charge in [-0.25, -0.2) is 4.57 Å². The third kappa shape index (κ3) is 13.3. The lowest BCUT2D eigenvalue weighted by Gasteiger charge is -2.07. The van der Waals surface area contributed by atoms with Gasteiger partial charge in [-0.05, 0) is 24.3 Å². The van der Waals surface area contributed by atoms with Crippen molar-refractivity contribution >= 4 is 0 Å². The average molecular weight is 389 g/mol. The quantitative estimate of drug-likeness (QED) is 0.165. The summed E-state index contributed by atoms with van der Waals surface area (Å²) in [6, 6.07) is 4.61. The van der Waals surface area contributed by atoms with Crippen LogP contribution in [0.25, 0.3) is 0 Å². The minimum Gasteiger partial charge on any atom is -0.205 e. The Labute approximate surface area is 177 Å². The minimum absolute atomic E-state index is 0.685. The van der Waals surface area contributed by atoms with Crippen molar-refractivity contribution in [3.63, 3.8) is 0 Å². The van der Waals surface area contributed by atoms with E-state index in [4.69, 9.17) is 0 Å². The Hall–Kier alpha value is -0.850. The van der Waals surface area contributed by atoms with Crippen molar-refractivity contribution in [1.82, 2.24) is 0 Å². The van der Waals surface area contributed by atoms with Crippen molar-refractivity contribution in [2.75, 3.05) is 0 Å². The molecule has 0 bridgehead atoms. The first-order chi connectivity index (χ1) is 13.8. The van der Waals surface area contributed by atoms with Crippen LogP contribution in [0.1, 0.15) is 141 Å². The van der Waals surface area contributed by atoms with E-state index in [1.54, 1.807) is 0 Å². The zero-order chi connectivity index (χ0) is 20.3. The van der Waals surface area contributed by atoms with Crippen LogP contribution in [0.4, 0.5) is 0 Å². The number of pyridine rings is 1. The molecule has 1 aromatic rings. The fourth-order valence-electron chi connectivity index (χ4n) is 4.02. The van der Waals surface area contributed by atoms with E-state index in [0.29, 0.717) is 5.92 Å². The lowest BCUT2D eigenvalue weighted by atomic mass is 10.0. The molecule has 0 aliphatic heterocycles. The Balaban J connectivity index is 1.83. The molecule has 1 heterocycles. The molecule has 1 aromatic heterocycles. The van der Waals surface area contributed by atoms with Gasteiger partial charge in [0.1, 0.15) is 6.54 Å². The lowest BCUT2D eigenvalue weighted by molar-refractivity contribution is -0.697. The van der Waals surface area contributed by atoms with Crippen LogP contribution in [0.2, 0.25) is 0 Å². The number of rotatable bonds is 19. The molecule has 1 rings (SSSR count). The van der Waals surface area contributed by atoms with Gasteiger partial charge in [0.2, 0.25) is 0 Å². The molecule has 1 nitrogen and oxygen atoms in total. The highest BCUT2D eigenvalue weighted by molar-refractivity contribution is 5.12. The maximum Gasteiger partial charge on any atom is 0.169 e. The maximum atomic E-state index is 2.36. The van der Waals surface area contributed by atoms with Crippen molar-refractivity contribution in [2.24, 2.45) is 0 Å². The van der Waals surface area contributed by atoms with E-state index in [0.717, 1.165) is 0 Å². The summed E-state index contributed by atoms with van der Waals surface area (Å²) in [7, 11) is 0. The SMILES string of the molecule is CCCCCCCCCCCCCCCCCC[n+]1ccc([C@H](C)CC)cc1. The molecular weight excluding hydrogens is 338 g/mol. The van der Waals surface area contributed by atoms with Crippen molar-refractivity contribution < 1.29 is 4.57 Å². The number of aryl methyl sites for hydroxylation is 1. The molecule has 0 saturated heterocycles. The minimum atomic E-state index is 0.685. The Kier molecular flexibility index (Phi) is 16.4. The Morgan fingerprint density at radius 3 is 1.39 bits per heavy atom. The Morgan fingerprint density at radius 2 is 1.00 bits per heavy atom. The summed E-state index contributed by atoms with van der Waals surface area (Å²) in [6.45, 7) is 8.06. The van der Waals surface area contributed by atoms with Gasteiger partial charge in [0.15, 0.2) is 12.4 Å². The molecule has 0 aliphatic rings. The largest absolute Gasteiger partial charge is 0.205 e. The van der Waals surface area contributed by atoms with Gasteiger partial charge in [-0.2, -0.15) is 0 Å². The normalized spacial score (nSPS) is 12.4. The molecule has 1 atom stereocenters. The van der Waals surface area contributed by atoms with Crippen LogP contribution in [-0.4, -0.2) is 0 Å². The van der Waals surface area contributed by atoms with Gasteiger partial charge in [-0.3, -0.25) is 0 Å². The van der Waals surface area contributed by atoms with Gasteiger partial charge < -0.3 is 0 Å². The highest BCUT2D eigenvalue weighted by atomic mass is 14.9. The fraction of sp³-hybridized carbons (Fsp3) is 0.815. The van der Waals surface area contributed by atoms with Crippen molar-refractivity contribution in [3.05, 3.63) is 30.1 Å². The first-order valence-electron chi connectivity index (χ1n) is 12.8. The second-order valence-corrected chi connectivity index (χ2v) is 8.98. The van der Waals surface area contributed by atoms with E-state index >= 15 is 0 Å². The molecule has 0 fully saturated rings. The number of aromatic nitrogens is 1. The van der Waals surface area contributed by atoms with Crippen LogP contribution in [0.3, 0.4) is 0 Å². The van der Waals surface area contributed by atoms with Gasteiger partial charge in [0, 0.05) is 18.6 Å². The molecular formula is C27H50N+. The first-order valence-corrected chi connectivity index (χ1v) is 12.8. The topological polar surface area (TPSA) is 3.88 Å². The molecule has 0 spiro atoms. The third-order valence-corrected chi connectivity index (χ3v) is 6.37. The third-order valence-electron chi connectivity index (χ3n) is 6.37. The zero-order valence-corrected chi connectivity index (χ0v) is 19.6. The van der Waals surface area contributed by atoms with Gasteiger partial charge in [-0.1, -0.05) is 111 Å². The molecule has 1 heteroatoms. The molecule has 0 radical (unpaired) electrons. The summed E-state index contributed by atoms with van der Waals surface area (Å²) < 4.78 is 2.36. The lowest BCUT2D eigenvalue weighted by Crippen LogP contribution is -2.32. The molecule has 0 saturated carbocycles. The number of hydrogen-bond donors (Lipinski definition) is 0. The fourth-order valence-corrected chi connectivity index (χ4v) is 4.02. The van der Waals surface area contributed by atoms with Crippen LogP contribution in [0.15, 0.2) is 24.5 Å². The Morgan fingerprint density at radius 1 is 0.607 bits per heavy atom. The standard InChI is InChI=1S/C27H50N/c1-4-6-7-8-9-10-11-12-13-14-15-16-17-18-19-20-23-28-24-21-27(22-25-28)26(3)5-2/h21-22,24-26H,4-20,23H2,1-3H3/q+1/t26-/m1/s1. The zero-order valence-electron chi connectivity index (χ0n) is 19.6. The van der Waals surface area contributed by atoms with E-state index in [1.165, 1.54) is 121 Å². The first kappa shape index (κ1) is 25.2. The molecule has 0 aromatic carbocycles. The summed E-state index contributed by atoms with van der Waals surface area (Å²) in [5.74, 6) is 0.685. The van der Waals surface area contributed by atoms with Gasteiger partial charge in [-0.15, -0.1) is 0 Å². The van der Waals surface area contributed by atoms with E-state index < -0.39 is 0 Å². The molecule has 0 aliphatic carbocycles. The molecule has 0 N–H and O–H groups in total. The van der Waals surface area contributed by atoms with E-state index in [9.17, 15) is 0 Å². The number of unbranched alkanes of at least 4 members (excludes halogenated alkanes) is 15. The predicted octanol–water partition coefficient (Wildman–Crippen LogP) is 8.75. The van der Waals surface area contributed by atoms with Gasteiger partial charge >= 0.3 is 0 Å². The van der Waals surface area contributed by atoms with E-state index in [2.05, 4.69) is 49.9 Å². The van der Waals surface area contributed by atoms with Crippen LogP contribution < -0.4 is 4.57 Å². The van der Waals surface area contributed by atoms with Crippen LogP contribution in [-0.2, 0) is 6.54 Å². The monoisotopic (exact) mass is 388 g/mol. The van der Waals surface area contributed by atoms with E-state index in [-0.39, 0.29) is 0 Å². The van der Waals surface area contributed by atoms with Crippen molar-refractivity contribution in [2.45, 2.75) is 142 Å². The molecule has 162 valence electrons. The molecule has 0 unspecified atom stereocenters. The second kappa shape index (κ2) is 18.2. The van der Waals surface area contributed by atoms with Gasteiger partial charge in [0.25, 0.3) is 0 Å². The summed E-state index contributed by atoms with van der Waals surface area (Å²) in [4.78, 5) is 0. The van der Waals surface area contributed by atoms with Crippen molar-refractivity contribution in [3.8, 4) is 0 Å². The van der Waals surface area contributed by atoms with Crippen LogP contribution in [0.5, 0.6) is 0 Å². The highest BCUT2D eigenvalue weighted by Gasteiger charge is 2.05. The van der Waals surface area contributed by atoms with Crippen molar-refractivity contribution in [1.29, 1.82) is 0 Å². The number of hydrogen-bond acceptors (Lipinski definition) is 0. The average Bonchev–Trinajstić information content (AvgIpc) is 2.73. The smallest absolute Gasteiger partial charge is 0.169 e. The van der Waals surface area contributed by atoms with E-state index in [1.807, 2.05) is 0 Å². The maximum absolute atomic E-state index is 2.36. The summed E-state index contributed by atoms with van der Waals surface area (Å²) >= 11 is 0.